The van der Waals surface area contributed by atoms with Gasteiger partial charge in [0.15, 0.2) is 0 Å². The molecule has 0 bridgehead atoms. The van der Waals surface area contributed by atoms with Gasteiger partial charge in [-0.15, -0.1) is 0 Å². The first kappa shape index (κ1) is 15.1. The van der Waals surface area contributed by atoms with Crippen LogP contribution in [0.5, 0.6) is 0 Å². The number of carbonyl (C=O) groups is 1. The highest BCUT2D eigenvalue weighted by Gasteiger charge is 2.20. The van der Waals surface area contributed by atoms with Gasteiger partial charge in [0.2, 0.25) is 5.91 Å². The molecule has 0 atom stereocenters. The SMILES string of the molecule is CC(C)N(CCBr)C(=O)Cc1c(F)cccc1F. The fourth-order valence-electron chi connectivity index (χ4n) is 1.72. The van der Waals surface area contributed by atoms with Gasteiger partial charge in [-0.05, 0) is 26.0 Å². The molecule has 1 rings (SSSR count). The first-order chi connectivity index (χ1) is 8.47. The number of nitrogens with zero attached hydrogens (tertiary/aromatic N) is 1. The van der Waals surface area contributed by atoms with Crippen molar-refractivity contribution in [3.8, 4) is 0 Å². The Bertz CT molecular complexity index is 403. The van der Waals surface area contributed by atoms with E-state index in [1.807, 2.05) is 13.8 Å². The van der Waals surface area contributed by atoms with Gasteiger partial charge in [-0.1, -0.05) is 22.0 Å². The van der Waals surface area contributed by atoms with Crippen molar-refractivity contribution < 1.29 is 13.6 Å². The van der Waals surface area contributed by atoms with Crippen molar-refractivity contribution in [2.24, 2.45) is 0 Å². The van der Waals surface area contributed by atoms with E-state index in [0.717, 1.165) is 12.1 Å². The molecule has 1 aromatic carbocycles. The first-order valence-corrected chi connectivity index (χ1v) is 6.87. The zero-order valence-electron chi connectivity index (χ0n) is 10.4. The van der Waals surface area contributed by atoms with Crippen molar-refractivity contribution in [2.45, 2.75) is 26.3 Å². The van der Waals surface area contributed by atoms with Gasteiger partial charge in [-0.25, -0.2) is 8.78 Å². The highest BCUT2D eigenvalue weighted by Crippen LogP contribution is 2.14. The zero-order chi connectivity index (χ0) is 13.7. The number of hydrogen-bond donors (Lipinski definition) is 0. The van der Waals surface area contributed by atoms with Gasteiger partial charge in [-0.3, -0.25) is 4.79 Å². The van der Waals surface area contributed by atoms with Gasteiger partial charge in [0.1, 0.15) is 11.6 Å². The molecule has 1 amide bonds. The standard InChI is InChI=1S/C13H16BrF2NO/c1-9(2)17(7-6-14)13(18)8-10-11(15)4-3-5-12(10)16/h3-5,9H,6-8H2,1-2H3. The fraction of sp³-hybridized carbons (Fsp3) is 0.462. The number of amides is 1. The van der Waals surface area contributed by atoms with Crippen molar-refractivity contribution in [1.82, 2.24) is 4.90 Å². The van der Waals surface area contributed by atoms with Gasteiger partial charge in [-0.2, -0.15) is 0 Å². The van der Waals surface area contributed by atoms with Crippen LogP contribution in [0.2, 0.25) is 0 Å². The second kappa shape index (κ2) is 6.83. The second-order valence-corrected chi connectivity index (χ2v) is 5.04. The van der Waals surface area contributed by atoms with Crippen LogP contribution >= 0.6 is 15.9 Å². The summed E-state index contributed by atoms with van der Waals surface area (Å²) in [6.07, 6.45) is -0.246. The van der Waals surface area contributed by atoms with Gasteiger partial charge in [0, 0.05) is 23.5 Å². The lowest BCUT2D eigenvalue weighted by atomic mass is 10.1. The summed E-state index contributed by atoms with van der Waals surface area (Å²) in [5.74, 6) is -1.62. The van der Waals surface area contributed by atoms with Crippen LogP contribution in [-0.4, -0.2) is 28.7 Å². The third-order valence-electron chi connectivity index (χ3n) is 2.66. The maximum absolute atomic E-state index is 13.4. The highest BCUT2D eigenvalue weighted by molar-refractivity contribution is 9.09. The van der Waals surface area contributed by atoms with Crippen LogP contribution in [-0.2, 0) is 11.2 Å². The van der Waals surface area contributed by atoms with Crippen LogP contribution in [0, 0.1) is 11.6 Å². The second-order valence-electron chi connectivity index (χ2n) is 4.25. The Hall–Kier alpha value is -0.970. The molecule has 0 heterocycles. The van der Waals surface area contributed by atoms with E-state index in [1.54, 1.807) is 4.90 Å². The molecular formula is C13H16BrF2NO. The topological polar surface area (TPSA) is 20.3 Å². The van der Waals surface area contributed by atoms with Crippen molar-refractivity contribution in [2.75, 3.05) is 11.9 Å². The third-order valence-corrected chi connectivity index (χ3v) is 3.01. The molecule has 5 heteroatoms. The maximum Gasteiger partial charge on any atom is 0.227 e. The molecule has 2 nitrogen and oxygen atoms in total. The van der Waals surface area contributed by atoms with Crippen molar-refractivity contribution in [3.05, 3.63) is 35.4 Å². The van der Waals surface area contributed by atoms with E-state index in [4.69, 9.17) is 0 Å². The Morgan fingerprint density at radius 2 is 1.89 bits per heavy atom. The largest absolute Gasteiger partial charge is 0.339 e. The van der Waals surface area contributed by atoms with Gasteiger partial charge >= 0.3 is 0 Å². The molecule has 0 radical (unpaired) electrons. The number of halogens is 3. The predicted molar refractivity (Wildman–Crippen MR) is 70.7 cm³/mol. The lowest BCUT2D eigenvalue weighted by Gasteiger charge is -2.26. The van der Waals surface area contributed by atoms with E-state index in [0.29, 0.717) is 11.9 Å². The van der Waals surface area contributed by atoms with E-state index < -0.39 is 11.6 Å². The molecule has 18 heavy (non-hydrogen) atoms. The Morgan fingerprint density at radius 3 is 2.33 bits per heavy atom. The van der Waals surface area contributed by atoms with Gasteiger partial charge in [0.05, 0.1) is 6.42 Å². The van der Waals surface area contributed by atoms with E-state index >= 15 is 0 Å². The molecular weight excluding hydrogens is 304 g/mol. The summed E-state index contributed by atoms with van der Waals surface area (Å²) in [5.41, 5.74) is -0.164. The number of benzene rings is 1. The number of hydrogen-bond acceptors (Lipinski definition) is 1. The Balaban J connectivity index is 2.86. The molecule has 0 saturated carbocycles. The average molecular weight is 320 g/mol. The van der Waals surface area contributed by atoms with Crippen molar-refractivity contribution in [1.29, 1.82) is 0 Å². The Labute approximate surface area is 114 Å². The van der Waals surface area contributed by atoms with Gasteiger partial charge in [0.25, 0.3) is 0 Å². The molecule has 100 valence electrons. The Kier molecular flexibility index (Phi) is 5.72. The Morgan fingerprint density at radius 1 is 1.33 bits per heavy atom. The third kappa shape index (κ3) is 3.77. The molecule has 0 spiro atoms. The fourth-order valence-corrected chi connectivity index (χ4v) is 2.10. The smallest absolute Gasteiger partial charge is 0.227 e. The quantitative estimate of drug-likeness (QED) is 0.763. The number of rotatable bonds is 5. The first-order valence-electron chi connectivity index (χ1n) is 5.75. The molecule has 0 aromatic heterocycles. The van der Waals surface area contributed by atoms with Crippen molar-refractivity contribution >= 4 is 21.8 Å². The monoisotopic (exact) mass is 319 g/mol. The van der Waals surface area contributed by atoms with E-state index in [9.17, 15) is 13.6 Å². The molecule has 0 aliphatic rings. The van der Waals surface area contributed by atoms with E-state index in [-0.39, 0.29) is 23.9 Å². The normalized spacial score (nSPS) is 10.8. The minimum absolute atomic E-state index is 0.00452. The molecule has 0 unspecified atom stereocenters. The molecule has 1 aromatic rings. The summed E-state index contributed by atoms with van der Waals surface area (Å²) >= 11 is 3.26. The van der Waals surface area contributed by atoms with Gasteiger partial charge < -0.3 is 4.90 Å². The molecule has 0 aliphatic heterocycles. The summed E-state index contributed by atoms with van der Waals surface area (Å²) in [6.45, 7) is 4.27. The van der Waals surface area contributed by atoms with Crippen molar-refractivity contribution in [3.63, 3.8) is 0 Å². The van der Waals surface area contributed by atoms with Crippen LogP contribution < -0.4 is 0 Å². The maximum atomic E-state index is 13.4. The summed E-state index contributed by atoms with van der Waals surface area (Å²) < 4.78 is 26.9. The summed E-state index contributed by atoms with van der Waals surface area (Å²) in [5, 5.41) is 0.636. The van der Waals surface area contributed by atoms with Crippen LogP contribution in [0.15, 0.2) is 18.2 Å². The van der Waals surface area contributed by atoms with E-state index in [2.05, 4.69) is 15.9 Å². The molecule has 0 aliphatic carbocycles. The van der Waals surface area contributed by atoms with Crippen LogP contribution in [0.3, 0.4) is 0 Å². The highest BCUT2D eigenvalue weighted by atomic mass is 79.9. The summed E-state index contributed by atoms with van der Waals surface area (Å²) in [6, 6.07) is 3.62. The van der Waals surface area contributed by atoms with Crippen LogP contribution in [0.4, 0.5) is 8.78 Å². The van der Waals surface area contributed by atoms with E-state index in [1.165, 1.54) is 6.07 Å². The molecule has 0 N–H and O–H groups in total. The van der Waals surface area contributed by atoms with Crippen LogP contribution in [0.1, 0.15) is 19.4 Å². The average Bonchev–Trinajstić information content (AvgIpc) is 2.30. The predicted octanol–water partition coefficient (Wildman–Crippen LogP) is 3.14. The molecule has 0 saturated heterocycles. The molecule has 0 fully saturated rings. The van der Waals surface area contributed by atoms with Crippen LogP contribution in [0.25, 0.3) is 0 Å². The zero-order valence-corrected chi connectivity index (χ0v) is 12.0. The summed E-state index contributed by atoms with van der Waals surface area (Å²) in [7, 11) is 0. The minimum Gasteiger partial charge on any atom is -0.339 e. The summed E-state index contributed by atoms with van der Waals surface area (Å²) in [4.78, 5) is 13.6. The number of carbonyl (C=O) groups excluding carboxylic acids is 1. The lowest BCUT2D eigenvalue weighted by molar-refractivity contribution is -0.131. The lowest BCUT2D eigenvalue weighted by Crippen LogP contribution is -2.39. The minimum atomic E-state index is -0.675. The number of alkyl halides is 1.